The van der Waals surface area contributed by atoms with E-state index in [9.17, 15) is 22.8 Å². The largest absolute Gasteiger partial charge is 0.375 e. The molecule has 1 fully saturated rings. The lowest BCUT2D eigenvalue weighted by Gasteiger charge is -2.22. The Hall–Kier alpha value is -2.09. The molecule has 0 N–H and O–H groups in total. The van der Waals surface area contributed by atoms with Crippen LogP contribution in [-0.4, -0.2) is 61.5 Å². The Balaban J connectivity index is 2.09. The number of benzene rings is 1. The van der Waals surface area contributed by atoms with Gasteiger partial charge in [0.1, 0.15) is 6.61 Å². The Kier molecular flexibility index (Phi) is 5.59. The maximum Gasteiger partial charge on any atom is 0.257 e. The van der Waals surface area contributed by atoms with Crippen LogP contribution < -0.4 is 0 Å². The second-order valence-corrected chi connectivity index (χ2v) is 5.18. The second-order valence-electron chi connectivity index (χ2n) is 5.18. The standard InChI is InChI=1S/C15H17F3N2O3/c1-23-9-12(21)19-5-2-6-20(8-7-19)15(22)10-3-4-11(16)14(18)13(10)17/h3-4H,2,5-9H2,1H3. The van der Waals surface area contributed by atoms with Crippen molar-refractivity contribution in [1.29, 1.82) is 0 Å². The zero-order chi connectivity index (χ0) is 17.0. The predicted octanol–water partition coefficient (Wildman–Crippen LogP) is 1.42. The van der Waals surface area contributed by atoms with E-state index in [4.69, 9.17) is 4.74 Å². The van der Waals surface area contributed by atoms with E-state index in [0.29, 0.717) is 19.5 Å². The summed E-state index contributed by atoms with van der Waals surface area (Å²) in [4.78, 5) is 27.0. The summed E-state index contributed by atoms with van der Waals surface area (Å²) in [6.45, 7) is 1.16. The van der Waals surface area contributed by atoms with E-state index >= 15 is 0 Å². The van der Waals surface area contributed by atoms with Gasteiger partial charge >= 0.3 is 0 Å². The van der Waals surface area contributed by atoms with Crippen molar-refractivity contribution in [3.05, 3.63) is 35.1 Å². The van der Waals surface area contributed by atoms with Crippen molar-refractivity contribution in [3.63, 3.8) is 0 Å². The third-order valence-electron chi connectivity index (χ3n) is 3.67. The smallest absolute Gasteiger partial charge is 0.257 e. The highest BCUT2D eigenvalue weighted by Crippen LogP contribution is 2.18. The maximum atomic E-state index is 13.7. The molecule has 2 amide bonds. The van der Waals surface area contributed by atoms with Crippen LogP contribution in [0.2, 0.25) is 0 Å². The fraction of sp³-hybridized carbons (Fsp3) is 0.467. The first-order valence-electron chi connectivity index (χ1n) is 7.15. The van der Waals surface area contributed by atoms with E-state index < -0.39 is 28.9 Å². The van der Waals surface area contributed by atoms with Crippen molar-refractivity contribution in [2.24, 2.45) is 0 Å². The summed E-state index contributed by atoms with van der Waals surface area (Å²) in [5, 5.41) is 0. The minimum absolute atomic E-state index is 0.0499. The highest BCUT2D eigenvalue weighted by molar-refractivity contribution is 5.94. The number of carbonyl (C=O) groups is 2. The van der Waals surface area contributed by atoms with Gasteiger partial charge in [-0.25, -0.2) is 13.2 Å². The zero-order valence-corrected chi connectivity index (χ0v) is 12.7. The Morgan fingerprint density at radius 1 is 1.04 bits per heavy atom. The number of halogens is 3. The maximum absolute atomic E-state index is 13.7. The van der Waals surface area contributed by atoms with E-state index in [2.05, 4.69) is 0 Å². The van der Waals surface area contributed by atoms with Gasteiger partial charge < -0.3 is 14.5 Å². The van der Waals surface area contributed by atoms with Crippen LogP contribution in [0.15, 0.2) is 12.1 Å². The van der Waals surface area contributed by atoms with E-state index in [0.717, 1.165) is 12.1 Å². The molecule has 0 spiro atoms. The van der Waals surface area contributed by atoms with Gasteiger partial charge in [-0.2, -0.15) is 0 Å². The molecule has 0 aromatic heterocycles. The Bertz CT molecular complexity index is 610. The lowest BCUT2D eigenvalue weighted by atomic mass is 10.1. The number of rotatable bonds is 3. The highest BCUT2D eigenvalue weighted by Gasteiger charge is 2.26. The van der Waals surface area contributed by atoms with Gasteiger partial charge in [0.15, 0.2) is 17.5 Å². The topological polar surface area (TPSA) is 49.9 Å². The number of methoxy groups -OCH3 is 1. The number of hydrogen-bond donors (Lipinski definition) is 0. The number of carbonyl (C=O) groups excluding carboxylic acids is 2. The molecule has 0 saturated carbocycles. The molecule has 1 saturated heterocycles. The molecule has 0 aliphatic carbocycles. The number of amides is 2. The Morgan fingerprint density at radius 2 is 1.70 bits per heavy atom. The molecule has 1 aromatic rings. The van der Waals surface area contributed by atoms with Crippen LogP contribution in [0.3, 0.4) is 0 Å². The van der Waals surface area contributed by atoms with Crippen LogP contribution in [0.4, 0.5) is 13.2 Å². The van der Waals surface area contributed by atoms with Crippen LogP contribution in [0, 0.1) is 17.5 Å². The van der Waals surface area contributed by atoms with Gasteiger partial charge in [0.2, 0.25) is 5.91 Å². The first-order valence-corrected chi connectivity index (χ1v) is 7.15. The monoisotopic (exact) mass is 330 g/mol. The van der Waals surface area contributed by atoms with Gasteiger partial charge in [-0.15, -0.1) is 0 Å². The summed E-state index contributed by atoms with van der Waals surface area (Å²) < 4.78 is 44.7. The van der Waals surface area contributed by atoms with Crippen molar-refractivity contribution < 1.29 is 27.5 Å². The summed E-state index contributed by atoms with van der Waals surface area (Å²) >= 11 is 0. The molecule has 0 unspecified atom stereocenters. The number of nitrogens with zero attached hydrogens (tertiary/aromatic N) is 2. The van der Waals surface area contributed by atoms with Crippen molar-refractivity contribution >= 4 is 11.8 Å². The van der Waals surface area contributed by atoms with Crippen LogP contribution in [0.5, 0.6) is 0 Å². The number of ether oxygens (including phenoxy) is 1. The minimum Gasteiger partial charge on any atom is -0.375 e. The molecule has 2 rings (SSSR count). The Morgan fingerprint density at radius 3 is 2.39 bits per heavy atom. The minimum atomic E-state index is -1.66. The SMILES string of the molecule is COCC(=O)N1CCCN(C(=O)c2ccc(F)c(F)c2F)CC1. The second kappa shape index (κ2) is 7.45. The molecule has 1 aliphatic heterocycles. The van der Waals surface area contributed by atoms with E-state index in [-0.39, 0.29) is 25.6 Å². The van der Waals surface area contributed by atoms with Gasteiger partial charge in [0.05, 0.1) is 5.56 Å². The molecule has 0 atom stereocenters. The zero-order valence-electron chi connectivity index (χ0n) is 12.7. The Labute approximate surface area is 131 Å². The first kappa shape index (κ1) is 17.3. The lowest BCUT2D eigenvalue weighted by molar-refractivity contribution is -0.135. The predicted molar refractivity (Wildman–Crippen MR) is 75.3 cm³/mol. The van der Waals surface area contributed by atoms with Crippen LogP contribution in [0.1, 0.15) is 16.8 Å². The fourth-order valence-electron chi connectivity index (χ4n) is 2.45. The average Bonchev–Trinajstić information content (AvgIpc) is 2.78. The molecule has 126 valence electrons. The van der Waals surface area contributed by atoms with Gasteiger partial charge in [-0.3, -0.25) is 9.59 Å². The van der Waals surface area contributed by atoms with Gasteiger partial charge in [-0.1, -0.05) is 0 Å². The van der Waals surface area contributed by atoms with E-state index in [1.54, 1.807) is 4.90 Å². The molecule has 1 aliphatic rings. The van der Waals surface area contributed by atoms with Crippen LogP contribution in [0.25, 0.3) is 0 Å². The third kappa shape index (κ3) is 3.82. The summed E-state index contributed by atoms with van der Waals surface area (Å²) in [6, 6.07) is 1.65. The molecule has 8 heteroatoms. The highest BCUT2D eigenvalue weighted by atomic mass is 19.2. The van der Waals surface area contributed by atoms with Gasteiger partial charge in [0.25, 0.3) is 5.91 Å². The molecule has 1 aromatic carbocycles. The normalized spacial score (nSPS) is 15.5. The summed E-state index contributed by atoms with van der Waals surface area (Å²) in [5.41, 5.74) is -0.513. The molecule has 1 heterocycles. The van der Waals surface area contributed by atoms with E-state index in [1.165, 1.54) is 12.0 Å². The number of hydrogen-bond acceptors (Lipinski definition) is 3. The summed E-state index contributed by atoms with van der Waals surface area (Å²) in [6.07, 6.45) is 0.506. The van der Waals surface area contributed by atoms with Gasteiger partial charge in [0, 0.05) is 33.3 Å². The van der Waals surface area contributed by atoms with Gasteiger partial charge in [-0.05, 0) is 18.6 Å². The molecular formula is C15H17F3N2O3. The summed E-state index contributed by atoms with van der Waals surface area (Å²) in [5.74, 6) is -5.41. The van der Waals surface area contributed by atoms with E-state index in [1.807, 2.05) is 0 Å². The summed E-state index contributed by atoms with van der Waals surface area (Å²) in [7, 11) is 1.41. The third-order valence-corrected chi connectivity index (χ3v) is 3.67. The molecular weight excluding hydrogens is 313 g/mol. The molecule has 0 bridgehead atoms. The molecule has 0 radical (unpaired) electrons. The average molecular weight is 330 g/mol. The lowest BCUT2D eigenvalue weighted by Crippen LogP contribution is -2.39. The molecule has 23 heavy (non-hydrogen) atoms. The van der Waals surface area contributed by atoms with Crippen molar-refractivity contribution in [2.45, 2.75) is 6.42 Å². The van der Waals surface area contributed by atoms with Crippen molar-refractivity contribution in [1.82, 2.24) is 9.80 Å². The van der Waals surface area contributed by atoms with Crippen LogP contribution in [-0.2, 0) is 9.53 Å². The van der Waals surface area contributed by atoms with Crippen LogP contribution >= 0.6 is 0 Å². The molecule has 5 nitrogen and oxygen atoms in total. The first-order chi connectivity index (χ1) is 11.0. The quantitative estimate of drug-likeness (QED) is 0.788. The van der Waals surface area contributed by atoms with Crippen molar-refractivity contribution in [3.8, 4) is 0 Å². The van der Waals surface area contributed by atoms with Crippen molar-refractivity contribution in [2.75, 3.05) is 39.9 Å². The fourth-order valence-corrected chi connectivity index (χ4v) is 2.45.